The van der Waals surface area contributed by atoms with Crippen LogP contribution in [0.2, 0.25) is 0 Å². The number of sulfone groups is 1. The van der Waals surface area contributed by atoms with Crippen LogP contribution in [0.25, 0.3) is 11.3 Å². The third kappa shape index (κ3) is 4.06. The Balaban J connectivity index is 1.47. The zero-order valence-corrected chi connectivity index (χ0v) is 15.8. The Morgan fingerprint density at radius 1 is 1.11 bits per heavy atom. The normalized spacial score (nSPS) is 25.3. The Kier molecular flexibility index (Phi) is 5.01. The summed E-state index contributed by atoms with van der Waals surface area (Å²) in [4.78, 5) is 18.8. The standard InChI is InChI=1S/C19H23N3O4S/c23-19(15-6-4-14(5-7-15)18-10-20-13-26-18)21-16-11-27(24,25)12-17(16)22-8-2-1-3-9-22/h4-7,10,13,16-17H,1-3,8-9,11-12H2,(H,21,23). The molecule has 0 radical (unpaired) electrons. The molecule has 7 nitrogen and oxygen atoms in total. The van der Waals surface area contributed by atoms with Crippen molar-refractivity contribution in [2.75, 3.05) is 24.6 Å². The number of benzene rings is 1. The van der Waals surface area contributed by atoms with Gasteiger partial charge in [-0.05, 0) is 38.1 Å². The summed E-state index contributed by atoms with van der Waals surface area (Å²) < 4.78 is 29.6. The molecule has 3 heterocycles. The first kappa shape index (κ1) is 18.2. The van der Waals surface area contributed by atoms with Crippen molar-refractivity contribution in [3.63, 3.8) is 0 Å². The average Bonchev–Trinajstić information content (AvgIpc) is 3.30. The van der Waals surface area contributed by atoms with Gasteiger partial charge in [0.25, 0.3) is 5.91 Å². The number of aromatic nitrogens is 1. The number of hydrogen-bond acceptors (Lipinski definition) is 6. The molecule has 1 N–H and O–H groups in total. The van der Waals surface area contributed by atoms with E-state index in [0.717, 1.165) is 31.5 Å². The first-order chi connectivity index (χ1) is 13.0. The molecule has 0 spiro atoms. The van der Waals surface area contributed by atoms with Gasteiger partial charge in [0.05, 0.1) is 23.7 Å². The summed E-state index contributed by atoms with van der Waals surface area (Å²) in [6, 6.07) is 6.52. The Morgan fingerprint density at radius 3 is 2.52 bits per heavy atom. The molecule has 2 fully saturated rings. The number of hydrogen-bond donors (Lipinski definition) is 1. The van der Waals surface area contributed by atoms with Crippen LogP contribution in [0.1, 0.15) is 29.6 Å². The van der Waals surface area contributed by atoms with Gasteiger partial charge in [0, 0.05) is 17.2 Å². The first-order valence-electron chi connectivity index (χ1n) is 9.26. The number of nitrogens with zero attached hydrogens (tertiary/aromatic N) is 2. The van der Waals surface area contributed by atoms with Crippen molar-refractivity contribution in [2.24, 2.45) is 0 Å². The van der Waals surface area contributed by atoms with Crippen LogP contribution >= 0.6 is 0 Å². The molecule has 1 aromatic carbocycles. The second-order valence-corrected chi connectivity index (χ2v) is 9.42. The zero-order chi connectivity index (χ0) is 18.9. The average molecular weight is 389 g/mol. The topological polar surface area (TPSA) is 92.5 Å². The molecule has 2 aliphatic heterocycles. The van der Waals surface area contributed by atoms with Crippen molar-refractivity contribution < 1.29 is 17.6 Å². The molecule has 8 heteroatoms. The van der Waals surface area contributed by atoms with Crippen LogP contribution in [0.5, 0.6) is 0 Å². The van der Waals surface area contributed by atoms with E-state index >= 15 is 0 Å². The minimum Gasteiger partial charge on any atom is -0.444 e. The van der Waals surface area contributed by atoms with E-state index in [1.165, 1.54) is 12.8 Å². The number of carbonyl (C=O) groups excluding carboxylic acids is 1. The molecule has 2 aliphatic rings. The maximum Gasteiger partial charge on any atom is 0.251 e. The van der Waals surface area contributed by atoms with E-state index in [2.05, 4.69) is 15.2 Å². The Bertz CT molecular complexity index is 888. The number of amides is 1. The van der Waals surface area contributed by atoms with Gasteiger partial charge in [0.1, 0.15) is 0 Å². The maximum atomic E-state index is 12.7. The van der Waals surface area contributed by atoms with E-state index in [-0.39, 0.29) is 29.5 Å². The molecule has 2 unspecified atom stereocenters. The molecular weight excluding hydrogens is 366 g/mol. The van der Waals surface area contributed by atoms with E-state index in [9.17, 15) is 13.2 Å². The summed E-state index contributed by atoms with van der Waals surface area (Å²) in [5, 5.41) is 2.96. The summed E-state index contributed by atoms with van der Waals surface area (Å²) in [5.74, 6) is 0.524. The summed E-state index contributed by atoms with van der Waals surface area (Å²) in [7, 11) is -3.13. The van der Waals surface area contributed by atoms with E-state index in [1.807, 2.05) is 0 Å². The number of rotatable bonds is 4. The fourth-order valence-corrected chi connectivity index (χ4v) is 5.92. The van der Waals surface area contributed by atoms with Gasteiger partial charge in [-0.3, -0.25) is 9.69 Å². The van der Waals surface area contributed by atoms with Crippen molar-refractivity contribution in [1.29, 1.82) is 0 Å². The Hall–Kier alpha value is -2.19. The molecule has 4 rings (SSSR count). The second-order valence-electron chi connectivity index (χ2n) is 7.26. The third-order valence-corrected chi connectivity index (χ3v) is 7.08. The summed E-state index contributed by atoms with van der Waals surface area (Å²) in [6.07, 6.45) is 6.32. The van der Waals surface area contributed by atoms with Gasteiger partial charge in [0.15, 0.2) is 22.0 Å². The molecule has 2 saturated heterocycles. The highest BCUT2D eigenvalue weighted by Crippen LogP contribution is 2.23. The fraction of sp³-hybridized carbons (Fsp3) is 0.474. The van der Waals surface area contributed by atoms with E-state index in [0.29, 0.717) is 11.3 Å². The molecule has 2 aromatic rings. The second kappa shape index (κ2) is 7.44. The van der Waals surface area contributed by atoms with Crippen LogP contribution < -0.4 is 5.32 Å². The first-order valence-corrected chi connectivity index (χ1v) is 11.1. The molecule has 144 valence electrons. The highest BCUT2D eigenvalue weighted by atomic mass is 32.2. The molecule has 2 atom stereocenters. The van der Waals surface area contributed by atoms with Crippen LogP contribution in [-0.2, 0) is 9.84 Å². The SMILES string of the molecule is O=C(NC1CS(=O)(=O)CC1N1CCCCC1)c1ccc(-c2cnco2)cc1. The van der Waals surface area contributed by atoms with Gasteiger partial charge in [-0.15, -0.1) is 0 Å². The van der Waals surface area contributed by atoms with Gasteiger partial charge >= 0.3 is 0 Å². The lowest BCUT2D eigenvalue weighted by Crippen LogP contribution is -2.52. The minimum atomic E-state index is -3.13. The molecule has 1 aromatic heterocycles. The highest BCUT2D eigenvalue weighted by molar-refractivity contribution is 7.91. The largest absolute Gasteiger partial charge is 0.444 e. The highest BCUT2D eigenvalue weighted by Gasteiger charge is 2.41. The van der Waals surface area contributed by atoms with Crippen LogP contribution in [-0.4, -0.2) is 60.9 Å². The van der Waals surface area contributed by atoms with Gasteiger partial charge in [0.2, 0.25) is 0 Å². The monoisotopic (exact) mass is 389 g/mol. The molecule has 27 heavy (non-hydrogen) atoms. The van der Waals surface area contributed by atoms with Crippen LogP contribution in [0.15, 0.2) is 41.3 Å². The van der Waals surface area contributed by atoms with E-state index < -0.39 is 9.84 Å². The van der Waals surface area contributed by atoms with Crippen molar-refractivity contribution in [3.05, 3.63) is 42.4 Å². The molecule has 0 aliphatic carbocycles. The van der Waals surface area contributed by atoms with Crippen LogP contribution in [0.3, 0.4) is 0 Å². The Morgan fingerprint density at radius 2 is 1.85 bits per heavy atom. The van der Waals surface area contributed by atoms with Crippen molar-refractivity contribution in [2.45, 2.75) is 31.3 Å². The van der Waals surface area contributed by atoms with Crippen molar-refractivity contribution in [3.8, 4) is 11.3 Å². The molecule has 0 saturated carbocycles. The predicted molar refractivity (Wildman–Crippen MR) is 101 cm³/mol. The lowest BCUT2D eigenvalue weighted by atomic mass is 10.0. The summed E-state index contributed by atoms with van der Waals surface area (Å²) in [6.45, 7) is 1.80. The lowest BCUT2D eigenvalue weighted by molar-refractivity contribution is 0.0900. The number of carbonyl (C=O) groups is 1. The quantitative estimate of drug-likeness (QED) is 0.856. The number of oxazole rings is 1. The van der Waals surface area contributed by atoms with Crippen LogP contribution in [0, 0.1) is 0 Å². The van der Waals surface area contributed by atoms with Gasteiger partial charge < -0.3 is 9.73 Å². The predicted octanol–water partition coefficient (Wildman–Crippen LogP) is 1.72. The number of nitrogens with one attached hydrogen (secondary N) is 1. The van der Waals surface area contributed by atoms with Gasteiger partial charge in [-0.1, -0.05) is 18.6 Å². The van der Waals surface area contributed by atoms with Gasteiger partial charge in [-0.2, -0.15) is 0 Å². The summed E-state index contributed by atoms with van der Waals surface area (Å²) in [5.41, 5.74) is 1.33. The fourth-order valence-electron chi connectivity index (χ4n) is 3.97. The minimum absolute atomic E-state index is 0.00998. The van der Waals surface area contributed by atoms with Crippen molar-refractivity contribution in [1.82, 2.24) is 15.2 Å². The Labute approximate surface area is 158 Å². The molecule has 1 amide bonds. The third-order valence-electron chi connectivity index (χ3n) is 5.36. The maximum absolute atomic E-state index is 12.7. The molecular formula is C19H23N3O4S. The van der Waals surface area contributed by atoms with E-state index in [1.54, 1.807) is 30.5 Å². The molecule has 0 bridgehead atoms. The zero-order valence-electron chi connectivity index (χ0n) is 15.0. The van der Waals surface area contributed by atoms with Crippen molar-refractivity contribution >= 4 is 15.7 Å². The number of likely N-dealkylation sites (tertiary alicyclic amines) is 1. The van der Waals surface area contributed by atoms with Crippen LogP contribution in [0.4, 0.5) is 0 Å². The lowest BCUT2D eigenvalue weighted by Gasteiger charge is -2.35. The summed E-state index contributed by atoms with van der Waals surface area (Å²) >= 11 is 0. The van der Waals surface area contributed by atoms with Gasteiger partial charge in [-0.25, -0.2) is 13.4 Å². The van der Waals surface area contributed by atoms with E-state index in [4.69, 9.17) is 4.42 Å². The number of piperidine rings is 1. The smallest absolute Gasteiger partial charge is 0.251 e.